The van der Waals surface area contributed by atoms with E-state index in [4.69, 9.17) is 14.2 Å². The molecule has 0 N–H and O–H groups in total. The molecule has 21 heavy (non-hydrogen) atoms. The molecule has 2 aromatic carbocycles. The second kappa shape index (κ2) is 5.48. The van der Waals surface area contributed by atoms with Gasteiger partial charge in [0.2, 0.25) is 0 Å². The van der Waals surface area contributed by atoms with Gasteiger partial charge in [0.05, 0.1) is 26.2 Å². The lowest BCUT2D eigenvalue weighted by Crippen LogP contribution is -2.20. The van der Waals surface area contributed by atoms with E-state index in [0.29, 0.717) is 29.2 Å². The Bertz CT molecular complexity index is 678. The Balaban J connectivity index is 1.94. The second-order valence-corrected chi connectivity index (χ2v) is 4.84. The van der Waals surface area contributed by atoms with Crippen LogP contribution in [0.1, 0.15) is 28.4 Å². The first-order chi connectivity index (χ1) is 10.2. The fraction of sp³-hybridized carbons (Fsp3) is 0.235. The molecule has 0 unspecified atom stereocenters. The smallest absolute Gasteiger partial charge is 0.170 e. The summed E-state index contributed by atoms with van der Waals surface area (Å²) in [5.74, 6) is 2.01. The van der Waals surface area contributed by atoms with Gasteiger partial charge in [-0.2, -0.15) is 0 Å². The number of ketones is 1. The van der Waals surface area contributed by atoms with E-state index in [1.54, 1.807) is 20.3 Å². The zero-order valence-electron chi connectivity index (χ0n) is 12.0. The van der Waals surface area contributed by atoms with Crippen LogP contribution >= 0.6 is 0 Å². The van der Waals surface area contributed by atoms with E-state index in [0.717, 1.165) is 5.56 Å². The molecule has 0 saturated heterocycles. The maximum atomic E-state index is 12.2. The number of hydrogen-bond acceptors (Lipinski definition) is 4. The Kier molecular flexibility index (Phi) is 3.52. The van der Waals surface area contributed by atoms with Gasteiger partial charge in [-0.3, -0.25) is 4.79 Å². The summed E-state index contributed by atoms with van der Waals surface area (Å²) in [5, 5.41) is 0. The standard InChI is InChI=1S/C17H16O4/c1-19-15-8-7-11(9-17(15)20-2)16-10-13(18)12-5-3-4-6-14(12)21-16/h3-9,16H,10H2,1-2H3/t16-/m0/s1. The molecule has 0 aliphatic carbocycles. The maximum absolute atomic E-state index is 12.2. The summed E-state index contributed by atoms with van der Waals surface area (Å²) in [7, 11) is 3.18. The molecule has 0 spiro atoms. The lowest BCUT2D eigenvalue weighted by Gasteiger charge is -2.25. The van der Waals surface area contributed by atoms with Crippen LogP contribution in [0.2, 0.25) is 0 Å². The van der Waals surface area contributed by atoms with E-state index in [2.05, 4.69) is 0 Å². The van der Waals surface area contributed by atoms with Gasteiger partial charge < -0.3 is 14.2 Å². The lowest BCUT2D eigenvalue weighted by atomic mass is 9.96. The highest BCUT2D eigenvalue weighted by Gasteiger charge is 2.27. The maximum Gasteiger partial charge on any atom is 0.170 e. The Morgan fingerprint density at radius 1 is 1.05 bits per heavy atom. The quantitative estimate of drug-likeness (QED) is 0.866. The van der Waals surface area contributed by atoms with E-state index in [-0.39, 0.29) is 11.9 Å². The minimum atomic E-state index is -0.299. The van der Waals surface area contributed by atoms with E-state index in [9.17, 15) is 4.79 Å². The second-order valence-electron chi connectivity index (χ2n) is 4.84. The number of benzene rings is 2. The number of rotatable bonds is 3. The largest absolute Gasteiger partial charge is 0.493 e. The number of hydrogen-bond donors (Lipinski definition) is 0. The molecule has 1 aliphatic rings. The van der Waals surface area contributed by atoms with Crippen molar-refractivity contribution < 1.29 is 19.0 Å². The third-order valence-corrected chi connectivity index (χ3v) is 3.61. The average Bonchev–Trinajstić information content (AvgIpc) is 2.54. The minimum absolute atomic E-state index is 0.0941. The molecule has 108 valence electrons. The summed E-state index contributed by atoms with van der Waals surface area (Å²) in [5.41, 5.74) is 1.55. The number of carbonyl (C=O) groups excluding carboxylic acids is 1. The van der Waals surface area contributed by atoms with Gasteiger partial charge in [-0.1, -0.05) is 18.2 Å². The zero-order chi connectivity index (χ0) is 14.8. The summed E-state index contributed by atoms with van der Waals surface area (Å²) in [4.78, 5) is 12.2. The van der Waals surface area contributed by atoms with Gasteiger partial charge in [-0.15, -0.1) is 0 Å². The number of para-hydroxylation sites is 1. The molecular formula is C17H16O4. The lowest BCUT2D eigenvalue weighted by molar-refractivity contribution is 0.0849. The van der Waals surface area contributed by atoms with Gasteiger partial charge in [0.15, 0.2) is 17.3 Å². The van der Waals surface area contributed by atoms with Crippen molar-refractivity contribution in [3.8, 4) is 17.2 Å². The van der Waals surface area contributed by atoms with Crippen molar-refractivity contribution in [2.75, 3.05) is 14.2 Å². The summed E-state index contributed by atoms with van der Waals surface area (Å²) in [6, 6.07) is 12.9. The molecule has 0 fully saturated rings. The van der Waals surface area contributed by atoms with Crippen LogP contribution in [0.25, 0.3) is 0 Å². The highest BCUT2D eigenvalue weighted by Crippen LogP contribution is 2.37. The van der Waals surface area contributed by atoms with Crippen LogP contribution in [0, 0.1) is 0 Å². The predicted molar refractivity (Wildman–Crippen MR) is 78.3 cm³/mol. The van der Waals surface area contributed by atoms with Gasteiger partial charge >= 0.3 is 0 Å². The normalized spacial score (nSPS) is 16.9. The van der Waals surface area contributed by atoms with Crippen LogP contribution < -0.4 is 14.2 Å². The molecule has 4 heteroatoms. The van der Waals surface area contributed by atoms with Crippen LogP contribution in [0.5, 0.6) is 17.2 Å². The SMILES string of the molecule is COc1ccc([C@@H]2CC(=O)c3ccccc3O2)cc1OC. The average molecular weight is 284 g/mol. The number of carbonyl (C=O) groups is 1. The number of methoxy groups -OCH3 is 2. The third kappa shape index (κ3) is 2.44. The number of Topliss-reactive ketones (excluding diaryl/α,β-unsaturated/α-hetero) is 1. The third-order valence-electron chi connectivity index (χ3n) is 3.61. The highest BCUT2D eigenvalue weighted by atomic mass is 16.5. The van der Waals surface area contributed by atoms with E-state index < -0.39 is 0 Å². The van der Waals surface area contributed by atoms with Gasteiger partial charge in [-0.05, 0) is 29.8 Å². The topological polar surface area (TPSA) is 44.8 Å². The fourth-order valence-electron chi connectivity index (χ4n) is 2.51. The molecule has 0 amide bonds. The van der Waals surface area contributed by atoms with Crippen LogP contribution in [0.3, 0.4) is 0 Å². The Labute approximate surface area is 123 Å². The van der Waals surface area contributed by atoms with Gasteiger partial charge in [0, 0.05) is 0 Å². The summed E-state index contributed by atoms with van der Waals surface area (Å²) >= 11 is 0. The van der Waals surface area contributed by atoms with Gasteiger partial charge in [0.25, 0.3) is 0 Å². The van der Waals surface area contributed by atoms with Crippen LogP contribution in [-0.4, -0.2) is 20.0 Å². The number of ether oxygens (including phenoxy) is 3. The monoisotopic (exact) mass is 284 g/mol. The predicted octanol–water partition coefficient (Wildman–Crippen LogP) is 3.41. The molecule has 4 nitrogen and oxygen atoms in total. The molecule has 1 aliphatic heterocycles. The van der Waals surface area contributed by atoms with E-state index in [1.165, 1.54) is 0 Å². The Hall–Kier alpha value is -2.49. The zero-order valence-corrected chi connectivity index (χ0v) is 12.0. The fourth-order valence-corrected chi connectivity index (χ4v) is 2.51. The van der Waals surface area contributed by atoms with Crippen LogP contribution in [0.15, 0.2) is 42.5 Å². The van der Waals surface area contributed by atoms with Crippen LogP contribution in [-0.2, 0) is 0 Å². The molecule has 2 aromatic rings. The van der Waals surface area contributed by atoms with Crippen molar-refractivity contribution in [1.29, 1.82) is 0 Å². The summed E-state index contributed by atoms with van der Waals surface area (Å²) in [6.45, 7) is 0. The molecule has 0 saturated carbocycles. The van der Waals surface area contributed by atoms with Gasteiger partial charge in [0.1, 0.15) is 11.9 Å². The van der Waals surface area contributed by atoms with Crippen molar-refractivity contribution >= 4 is 5.78 Å². The van der Waals surface area contributed by atoms with Crippen molar-refractivity contribution in [2.24, 2.45) is 0 Å². The van der Waals surface area contributed by atoms with E-state index >= 15 is 0 Å². The number of fused-ring (bicyclic) bond motifs is 1. The van der Waals surface area contributed by atoms with Crippen molar-refractivity contribution in [1.82, 2.24) is 0 Å². The van der Waals surface area contributed by atoms with Crippen molar-refractivity contribution in [2.45, 2.75) is 12.5 Å². The van der Waals surface area contributed by atoms with Crippen molar-refractivity contribution in [3.05, 3.63) is 53.6 Å². The van der Waals surface area contributed by atoms with Crippen LogP contribution in [0.4, 0.5) is 0 Å². The summed E-state index contributed by atoms with van der Waals surface area (Å²) < 4.78 is 16.5. The first-order valence-corrected chi connectivity index (χ1v) is 6.73. The summed E-state index contributed by atoms with van der Waals surface area (Å²) in [6.07, 6.45) is 0.0270. The molecular weight excluding hydrogens is 268 g/mol. The first-order valence-electron chi connectivity index (χ1n) is 6.73. The molecule has 0 aromatic heterocycles. The molecule has 1 atom stereocenters. The minimum Gasteiger partial charge on any atom is -0.493 e. The Morgan fingerprint density at radius 3 is 2.57 bits per heavy atom. The Morgan fingerprint density at radius 2 is 1.81 bits per heavy atom. The molecule has 3 rings (SSSR count). The van der Waals surface area contributed by atoms with E-state index in [1.807, 2.05) is 36.4 Å². The molecule has 0 bridgehead atoms. The molecule has 1 heterocycles. The highest BCUT2D eigenvalue weighted by molar-refractivity contribution is 5.99. The first kappa shape index (κ1) is 13.5. The van der Waals surface area contributed by atoms with Gasteiger partial charge in [-0.25, -0.2) is 0 Å². The molecule has 0 radical (unpaired) electrons. The van der Waals surface area contributed by atoms with Crippen molar-refractivity contribution in [3.63, 3.8) is 0 Å².